The van der Waals surface area contributed by atoms with Crippen LogP contribution in [0.1, 0.15) is 31.4 Å². The van der Waals surface area contributed by atoms with Gasteiger partial charge in [0, 0.05) is 19.1 Å². The Kier molecular flexibility index (Phi) is 5.20. The van der Waals surface area contributed by atoms with Crippen LogP contribution in [0.25, 0.3) is 0 Å². The van der Waals surface area contributed by atoms with Crippen LogP contribution in [-0.4, -0.2) is 62.7 Å². The molecule has 2 heterocycles. The lowest BCUT2D eigenvalue weighted by molar-refractivity contribution is -0.117. The Morgan fingerprint density at radius 2 is 2.14 bits per heavy atom. The summed E-state index contributed by atoms with van der Waals surface area (Å²) in [5.41, 5.74) is 0.644. The van der Waals surface area contributed by atoms with E-state index < -0.39 is 39.9 Å². The highest BCUT2D eigenvalue weighted by molar-refractivity contribution is 7.92. The fraction of sp³-hybridized carbons (Fsp3) is 0.632. The van der Waals surface area contributed by atoms with Crippen LogP contribution in [0.3, 0.4) is 0 Å². The largest absolute Gasteiger partial charge is 0.506 e. The number of hydrogen-bond donors (Lipinski definition) is 2. The number of fused-ring (bicyclic) bond motifs is 1. The highest BCUT2D eigenvalue weighted by Gasteiger charge is 2.39. The minimum absolute atomic E-state index is 0.120. The number of nitrogens with zero attached hydrogens (tertiary/aromatic N) is 2. The summed E-state index contributed by atoms with van der Waals surface area (Å²) < 4.78 is 48.0. The van der Waals surface area contributed by atoms with E-state index in [2.05, 4.69) is 18.7 Å². The number of nitrogens with one attached hydrogen (secondary N) is 1. The average molecular weight is 427 g/mol. The zero-order chi connectivity index (χ0) is 20.9. The van der Waals surface area contributed by atoms with Crippen molar-refractivity contribution in [2.24, 2.45) is 5.92 Å². The van der Waals surface area contributed by atoms with Gasteiger partial charge in [-0.15, -0.1) is 0 Å². The molecule has 2 unspecified atom stereocenters. The average Bonchev–Trinajstić information content (AvgIpc) is 2.93. The number of anilines is 1. The van der Waals surface area contributed by atoms with Crippen molar-refractivity contribution in [3.63, 3.8) is 0 Å². The summed E-state index contributed by atoms with van der Waals surface area (Å²) in [6.07, 6.45) is 1.99. The summed E-state index contributed by atoms with van der Waals surface area (Å²) in [7, 11) is -4.20. The lowest BCUT2D eigenvalue weighted by Crippen LogP contribution is -2.50. The van der Waals surface area contributed by atoms with E-state index in [1.54, 1.807) is 0 Å². The molecule has 2 aliphatic heterocycles. The number of phenols is 1. The number of amides is 1. The van der Waals surface area contributed by atoms with Crippen molar-refractivity contribution in [2.45, 2.75) is 45.3 Å². The molecule has 2 atom stereocenters. The Hall–Kier alpha value is -1.91. The van der Waals surface area contributed by atoms with Crippen LogP contribution < -0.4 is 9.03 Å². The molecule has 160 valence electrons. The first-order valence-corrected chi connectivity index (χ1v) is 11.3. The molecule has 8 nitrogen and oxygen atoms in total. The third kappa shape index (κ3) is 3.69. The van der Waals surface area contributed by atoms with Gasteiger partial charge in [0.1, 0.15) is 18.0 Å². The topological polar surface area (TPSA) is 99.2 Å². The van der Waals surface area contributed by atoms with Gasteiger partial charge in [-0.1, -0.05) is 13.8 Å². The van der Waals surface area contributed by atoms with Gasteiger partial charge in [0.2, 0.25) is 0 Å². The van der Waals surface area contributed by atoms with Gasteiger partial charge in [-0.05, 0) is 42.4 Å². The van der Waals surface area contributed by atoms with Crippen molar-refractivity contribution >= 4 is 21.8 Å². The third-order valence-electron chi connectivity index (χ3n) is 6.06. The predicted molar refractivity (Wildman–Crippen MR) is 104 cm³/mol. The number of rotatable bonds is 3. The number of carbonyl (C=O) groups is 1. The maximum absolute atomic E-state index is 15.4. The molecule has 1 amide bonds. The Labute approximate surface area is 169 Å². The van der Waals surface area contributed by atoms with E-state index in [1.807, 2.05) is 4.72 Å². The van der Waals surface area contributed by atoms with Crippen LogP contribution in [0.5, 0.6) is 5.75 Å². The van der Waals surface area contributed by atoms with E-state index in [9.17, 15) is 18.3 Å². The van der Waals surface area contributed by atoms with Crippen LogP contribution in [0, 0.1) is 11.7 Å². The molecule has 2 fully saturated rings. The van der Waals surface area contributed by atoms with Gasteiger partial charge in [-0.25, -0.2) is 13.4 Å². The van der Waals surface area contributed by atoms with E-state index in [4.69, 9.17) is 4.74 Å². The first-order chi connectivity index (χ1) is 13.7. The van der Waals surface area contributed by atoms with Gasteiger partial charge in [0.25, 0.3) is 5.91 Å². The maximum Gasteiger partial charge on any atom is 0.326 e. The number of phenolic OH excluding ortho intramolecular Hbond substituents is 1. The molecule has 2 saturated heterocycles. The number of halogens is 1. The van der Waals surface area contributed by atoms with Crippen LogP contribution in [0.2, 0.25) is 0 Å². The molecule has 0 aromatic heterocycles. The zero-order valence-electron chi connectivity index (χ0n) is 16.5. The zero-order valence-corrected chi connectivity index (χ0v) is 17.3. The number of hydrogen-bond acceptors (Lipinski definition) is 6. The maximum atomic E-state index is 15.4. The molecule has 0 spiro atoms. The molecule has 4 rings (SSSR count). The molecule has 1 aromatic carbocycles. The Morgan fingerprint density at radius 3 is 2.79 bits per heavy atom. The lowest BCUT2D eigenvalue weighted by Gasteiger charge is -2.41. The molecule has 0 bridgehead atoms. The second-order valence-electron chi connectivity index (χ2n) is 8.28. The van der Waals surface area contributed by atoms with Crippen molar-refractivity contribution < 1.29 is 27.4 Å². The SMILES string of the molecule is CC(C)C1CN(C2CCc3cc(O)c(N4CC(=O)NS4(=O)=O)c(F)c3C2)CCO1. The number of benzene rings is 1. The van der Waals surface area contributed by atoms with Crippen LogP contribution in [0.4, 0.5) is 10.1 Å². The summed E-state index contributed by atoms with van der Waals surface area (Å²) >= 11 is 0. The van der Waals surface area contributed by atoms with E-state index in [0.29, 0.717) is 40.8 Å². The summed E-state index contributed by atoms with van der Waals surface area (Å²) in [6, 6.07) is 1.55. The van der Waals surface area contributed by atoms with Gasteiger partial charge in [-0.2, -0.15) is 8.42 Å². The monoisotopic (exact) mass is 427 g/mol. The Bertz CT molecular complexity index is 936. The van der Waals surface area contributed by atoms with Crippen LogP contribution >= 0.6 is 0 Å². The van der Waals surface area contributed by atoms with Gasteiger partial charge >= 0.3 is 10.2 Å². The van der Waals surface area contributed by atoms with Crippen molar-refractivity contribution in [1.29, 1.82) is 0 Å². The minimum atomic E-state index is -4.20. The van der Waals surface area contributed by atoms with E-state index in [-0.39, 0.29) is 12.1 Å². The second kappa shape index (κ2) is 7.41. The molecule has 29 heavy (non-hydrogen) atoms. The normalized spacial score (nSPS) is 27.2. The number of aryl methyl sites for hydroxylation is 1. The van der Waals surface area contributed by atoms with Gasteiger partial charge in [0.05, 0.1) is 12.7 Å². The molecular formula is C19H26FN3O5S. The number of carbonyl (C=O) groups excluding carboxylic acids is 1. The number of ether oxygens (including phenoxy) is 1. The third-order valence-corrected chi connectivity index (χ3v) is 7.43. The first kappa shape index (κ1) is 20.4. The highest BCUT2D eigenvalue weighted by Crippen LogP contribution is 2.40. The Balaban J connectivity index is 1.64. The Morgan fingerprint density at radius 1 is 1.38 bits per heavy atom. The summed E-state index contributed by atoms with van der Waals surface area (Å²) in [6.45, 7) is 5.87. The van der Waals surface area contributed by atoms with E-state index in [1.165, 1.54) is 6.07 Å². The fourth-order valence-corrected chi connectivity index (χ4v) is 5.61. The van der Waals surface area contributed by atoms with Crippen molar-refractivity contribution in [3.8, 4) is 5.75 Å². The van der Waals surface area contributed by atoms with Crippen molar-refractivity contribution in [3.05, 3.63) is 23.0 Å². The van der Waals surface area contributed by atoms with Gasteiger partial charge < -0.3 is 9.84 Å². The highest BCUT2D eigenvalue weighted by atomic mass is 32.2. The molecule has 2 N–H and O–H groups in total. The van der Waals surface area contributed by atoms with Crippen molar-refractivity contribution in [2.75, 3.05) is 30.5 Å². The van der Waals surface area contributed by atoms with Gasteiger partial charge in [-0.3, -0.25) is 9.69 Å². The molecule has 1 aliphatic carbocycles. The van der Waals surface area contributed by atoms with E-state index >= 15 is 4.39 Å². The van der Waals surface area contributed by atoms with E-state index in [0.717, 1.165) is 19.5 Å². The summed E-state index contributed by atoms with van der Waals surface area (Å²) in [5.74, 6) is -1.60. The molecule has 3 aliphatic rings. The summed E-state index contributed by atoms with van der Waals surface area (Å²) in [5, 5.41) is 10.3. The standard InChI is InChI=1S/C19H26FN3O5S/c1-11(2)16-9-22(5-6-28-16)13-4-3-12-7-15(24)19(18(20)14(12)8-13)23-10-17(25)21-29(23,26)27/h7,11,13,16,24H,3-6,8-10H2,1-2H3,(H,21,25). The molecule has 0 saturated carbocycles. The number of aromatic hydroxyl groups is 1. The molecule has 10 heteroatoms. The lowest BCUT2D eigenvalue weighted by atomic mass is 9.85. The number of morpholine rings is 1. The van der Waals surface area contributed by atoms with Crippen molar-refractivity contribution in [1.82, 2.24) is 9.62 Å². The second-order valence-corrected chi connectivity index (χ2v) is 9.87. The molecule has 1 aromatic rings. The van der Waals surface area contributed by atoms with Crippen LogP contribution in [0.15, 0.2) is 6.07 Å². The van der Waals surface area contributed by atoms with Gasteiger partial charge in [0.15, 0.2) is 5.82 Å². The first-order valence-electron chi connectivity index (χ1n) is 9.89. The summed E-state index contributed by atoms with van der Waals surface area (Å²) in [4.78, 5) is 13.9. The quantitative estimate of drug-likeness (QED) is 0.745. The molecule has 0 radical (unpaired) electrons. The fourth-order valence-electron chi connectivity index (χ4n) is 4.45. The van der Waals surface area contributed by atoms with Crippen LogP contribution in [-0.2, 0) is 32.6 Å². The molecular weight excluding hydrogens is 401 g/mol. The smallest absolute Gasteiger partial charge is 0.326 e. The predicted octanol–water partition coefficient (Wildman–Crippen LogP) is 0.926. The minimum Gasteiger partial charge on any atom is -0.506 e.